The molecule has 2 aliphatic heterocycles. The van der Waals surface area contributed by atoms with E-state index in [-0.39, 0.29) is 12.5 Å². The van der Waals surface area contributed by atoms with E-state index in [0.717, 1.165) is 56.0 Å². The minimum absolute atomic E-state index is 0.0608. The molecule has 2 aliphatic rings. The van der Waals surface area contributed by atoms with Crippen LogP contribution in [0.1, 0.15) is 37.3 Å². The zero-order valence-corrected chi connectivity index (χ0v) is 19.1. The number of unbranched alkanes of at least 4 members (excludes halogenated alkanes) is 1. The molecule has 0 bridgehead atoms. The van der Waals surface area contributed by atoms with E-state index in [0.29, 0.717) is 13.0 Å². The summed E-state index contributed by atoms with van der Waals surface area (Å²) in [5.74, 6) is 0.803. The van der Waals surface area contributed by atoms with Gasteiger partial charge in [-0.3, -0.25) is 9.69 Å². The van der Waals surface area contributed by atoms with Crippen molar-refractivity contribution < 1.29 is 14.6 Å². The van der Waals surface area contributed by atoms with E-state index in [2.05, 4.69) is 46.3 Å². The molecule has 0 aliphatic carbocycles. The summed E-state index contributed by atoms with van der Waals surface area (Å²) in [7, 11) is 0. The van der Waals surface area contributed by atoms with Gasteiger partial charge in [0.15, 0.2) is 0 Å². The first-order valence-corrected chi connectivity index (χ1v) is 11.9. The Balaban J connectivity index is 1.19. The van der Waals surface area contributed by atoms with Crippen LogP contribution in [0.25, 0.3) is 0 Å². The van der Waals surface area contributed by atoms with E-state index >= 15 is 0 Å². The average Bonchev–Trinajstić information content (AvgIpc) is 2.82. The fourth-order valence-corrected chi connectivity index (χ4v) is 4.44. The molecular formula is C26H35N3O3. The van der Waals surface area contributed by atoms with Gasteiger partial charge in [0, 0.05) is 50.5 Å². The first kappa shape index (κ1) is 22.6. The summed E-state index contributed by atoms with van der Waals surface area (Å²) < 4.78 is 5.83. The quantitative estimate of drug-likeness (QED) is 0.629. The Kier molecular flexibility index (Phi) is 7.66. The van der Waals surface area contributed by atoms with Gasteiger partial charge in [-0.25, -0.2) is 0 Å². The van der Waals surface area contributed by atoms with Crippen LogP contribution in [0.3, 0.4) is 0 Å². The summed E-state index contributed by atoms with van der Waals surface area (Å²) in [6.07, 6.45) is 4.34. The number of amides is 1. The maximum atomic E-state index is 11.5. The number of aryl methyl sites for hydroxylation is 2. The number of ether oxygens (including phenoxy) is 1. The number of carbonyl (C=O) groups excluding carboxylic acids is 1. The van der Waals surface area contributed by atoms with Crippen LogP contribution in [0.15, 0.2) is 42.5 Å². The molecule has 6 nitrogen and oxygen atoms in total. The number of aliphatic hydroxyl groups excluding tert-OH is 1. The van der Waals surface area contributed by atoms with Crippen molar-refractivity contribution >= 4 is 17.3 Å². The Morgan fingerprint density at radius 3 is 2.59 bits per heavy atom. The lowest BCUT2D eigenvalue weighted by molar-refractivity contribution is -0.116. The molecule has 0 unspecified atom stereocenters. The summed E-state index contributed by atoms with van der Waals surface area (Å²) in [6, 6.07) is 14.7. The molecule has 2 heterocycles. The van der Waals surface area contributed by atoms with E-state index in [1.165, 1.54) is 24.1 Å². The number of rotatable bonds is 9. The number of piperazine rings is 1. The maximum absolute atomic E-state index is 11.5. The Labute approximate surface area is 191 Å². The highest BCUT2D eigenvalue weighted by molar-refractivity contribution is 5.94. The number of carbonyl (C=O) groups is 1. The monoisotopic (exact) mass is 437 g/mol. The van der Waals surface area contributed by atoms with Crippen molar-refractivity contribution in [1.82, 2.24) is 4.90 Å². The van der Waals surface area contributed by atoms with Crippen LogP contribution in [-0.2, 0) is 17.6 Å². The SMILES string of the molecule is CCCCc1ccc(N2CCN(C[C@@H](O)COc3ccc4c(c3)CCC(=O)N4)CC2)cc1. The van der Waals surface area contributed by atoms with Gasteiger partial charge in [-0.2, -0.15) is 0 Å². The number of fused-ring (bicyclic) bond motifs is 1. The molecule has 0 radical (unpaired) electrons. The second-order valence-electron chi connectivity index (χ2n) is 8.89. The summed E-state index contributed by atoms with van der Waals surface area (Å²) in [4.78, 5) is 16.2. The van der Waals surface area contributed by atoms with Gasteiger partial charge >= 0.3 is 0 Å². The highest BCUT2D eigenvalue weighted by Crippen LogP contribution is 2.27. The maximum Gasteiger partial charge on any atom is 0.224 e. The molecule has 0 aromatic heterocycles. The fourth-order valence-electron chi connectivity index (χ4n) is 4.44. The number of anilines is 2. The molecule has 4 rings (SSSR count). The van der Waals surface area contributed by atoms with Crippen LogP contribution in [0, 0.1) is 0 Å². The van der Waals surface area contributed by atoms with Crippen LogP contribution in [0.5, 0.6) is 5.75 Å². The number of aliphatic hydroxyl groups is 1. The third-order valence-corrected chi connectivity index (χ3v) is 6.38. The second-order valence-corrected chi connectivity index (χ2v) is 8.89. The van der Waals surface area contributed by atoms with Gasteiger partial charge in [0.25, 0.3) is 0 Å². The molecule has 0 spiro atoms. The number of nitrogens with zero attached hydrogens (tertiary/aromatic N) is 2. The van der Waals surface area contributed by atoms with Gasteiger partial charge in [-0.15, -0.1) is 0 Å². The second kappa shape index (κ2) is 10.8. The molecule has 2 aromatic carbocycles. The van der Waals surface area contributed by atoms with E-state index in [1.807, 2.05) is 18.2 Å². The normalized spacial score (nSPS) is 17.6. The lowest BCUT2D eigenvalue weighted by Crippen LogP contribution is -2.49. The number of hydrogen-bond acceptors (Lipinski definition) is 5. The number of hydrogen-bond donors (Lipinski definition) is 2. The largest absolute Gasteiger partial charge is 0.491 e. The standard InChI is InChI=1S/C26H35N3O3/c1-2-3-4-20-5-8-22(9-6-20)29-15-13-28(14-16-29)18-23(30)19-32-24-10-11-25-21(17-24)7-12-26(31)27-25/h5-6,8-11,17,23,30H,2-4,7,12-16,18-19H2,1H3,(H,27,31)/t23-/m1/s1. The van der Waals surface area contributed by atoms with Gasteiger partial charge < -0.3 is 20.1 Å². The summed E-state index contributed by atoms with van der Waals surface area (Å²) in [5, 5.41) is 13.4. The first-order chi connectivity index (χ1) is 15.6. The third-order valence-electron chi connectivity index (χ3n) is 6.38. The van der Waals surface area contributed by atoms with Crippen molar-refractivity contribution in [2.75, 3.05) is 49.5 Å². The zero-order valence-electron chi connectivity index (χ0n) is 19.1. The third kappa shape index (κ3) is 6.02. The lowest BCUT2D eigenvalue weighted by Gasteiger charge is -2.37. The molecular weight excluding hydrogens is 402 g/mol. The highest BCUT2D eigenvalue weighted by atomic mass is 16.5. The first-order valence-electron chi connectivity index (χ1n) is 11.9. The van der Waals surface area contributed by atoms with E-state index < -0.39 is 6.10 Å². The highest BCUT2D eigenvalue weighted by Gasteiger charge is 2.20. The number of nitrogens with one attached hydrogen (secondary N) is 1. The van der Waals surface area contributed by atoms with Crippen LogP contribution >= 0.6 is 0 Å². The molecule has 1 atom stereocenters. The molecule has 32 heavy (non-hydrogen) atoms. The van der Waals surface area contributed by atoms with Gasteiger partial charge in [0.05, 0.1) is 0 Å². The number of benzene rings is 2. The number of β-amino-alcohol motifs (C(OH)–C–C–N with tert-alkyl or cyclic N) is 1. The Morgan fingerprint density at radius 2 is 1.84 bits per heavy atom. The van der Waals surface area contributed by atoms with Crippen LogP contribution < -0.4 is 15.0 Å². The summed E-state index contributed by atoms with van der Waals surface area (Å²) in [6.45, 7) is 6.93. The van der Waals surface area contributed by atoms with E-state index in [1.54, 1.807) is 0 Å². The van der Waals surface area contributed by atoms with Crippen molar-refractivity contribution in [2.45, 2.75) is 45.1 Å². The lowest BCUT2D eigenvalue weighted by atomic mass is 10.0. The summed E-state index contributed by atoms with van der Waals surface area (Å²) in [5.41, 5.74) is 4.66. The molecule has 1 fully saturated rings. The van der Waals surface area contributed by atoms with Crippen LogP contribution in [0.4, 0.5) is 11.4 Å². The Bertz CT molecular complexity index is 892. The van der Waals surface area contributed by atoms with E-state index in [4.69, 9.17) is 4.74 Å². The molecule has 1 saturated heterocycles. The Hall–Kier alpha value is -2.57. The van der Waals surface area contributed by atoms with Gasteiger partial charge in [-0.1, -0.05) is 25.5 Å². The predicted octanol–water partition coefficient (Wildman–Crippen LogP) is 3.48. The summed E-state index contributed by atoms with van der Waals surface area (Å²) >= 11 is 0. The molecule has 0 saturated carbocycles. The van der Waals surface area contributed by atoms with Gasteiger partial charge in [0.1, 0.15) is 18.5 Å². The molecule has 2 N–H and O–H groups in total. The minimum Gasteiger partial charge on any atom is -0.491 e. The smallest absolute Gasteiger partial charge is 0.224 e. The van der Waals surface area contributed by atoms with Crippen molar-refractivity contribution in [2.24, 2.45) is 0 Å². The van der Waals surface area contributed by atoms with Crippen LogP contribution in [0.2, 0.25) is 0 Å². The van der Waals surface area contributed by atoms with Crippen LogP contribution in [-0.4, -0.2) is 61.3 Å². The van der Waals surface area contributed by atoms with Gasteiger partial charge in [-0.05, 0) is 60.7 Å². The van der Waals surface area contributed by atoms with E-state index in [9.17, 15) is 9.90 Å². The topological polar surface area (TPSA) is 65.0 Å². The minimum atomic E-state index is -0.532. The molecule has 1 amide bonds. The van der Waals surface area contributed by atoms with Crippen molar-refractivity contribution in [3.05, 3.63) is 53.6 Å². The van der Waals surface area contributed by atoms with Crippen molar-refractivity contribution in [1.29, 1.82) is 0 Å². The van der Waals surface area contributed by atoms with Crippen molar-refractivity contribution in [3.8, 4) is 5.75 Å². The molecule has 2 aromatic rings. The van der Waals surface area contributed by atoms with Crippen molar-refractivity contribution in [3.63, 3.8) is 0 Å². The zero-order chi connectivity index (χ0) is 22.3. The fraction of sp³-hybridized carbons (Fsp3) is 0.500. The van der Waals surface area contributed by atoms with Gasteiger partial charge in [0.2, 0.25) is 5.91 Å². The predicted molar refractivity (Wildman–Crippen MR) is 129 cm³/mol. The molecule has 172 valence electrons. The average molecular weight is 438 g/mol. The molecule has 6 heteroatoms. The Morgan fingerprint density at radius 1 is 1.06 bits per heavy atom.